The molecule has 0 unspecified atom stereocenters. The largest absolute Gasteiger partial charge is 0.467 e. The van der Waals surface area contributed by atoms with Crippen LogP contribution in [-0.2, 0) is 45.1 Å². The summed E-state index contributed by atoms with van der Waals surface area (Å²) in [5, 5.41) is 4.84. The zero-order valence-electron chi connectivity index (χ0n) is 24.3. The minimum atomic E-state index is -4.07. The number of hydrogen-bond donors (Lipinski definition) is 3. The van der Waals surface area contributed by atoms with Crippen molar-refractivity contribution in [3.63, 3.8) is 0 Å². The monoisotopic (exact) mass is 614 g/mol. The van der Waals surface area contributed by atoms with Gasteiger partial charge in [-0.2, -0.15) is 4.72 Å². The van der Waals surface area contributed by atoms with E-state index in [0.717, 1.165) is 18.2 Å². The van der Waals surface area contributed by atoms with Gasteiger partial charge in [0.15, 0.2) is 6.04 Å². The molecule has 14 heteroatoms. The second-order valence-electron chi connectivity index (χ2n) is 9.83. The van der Waals surface area contributed by atoms with Gasteiger partial charge in [-0.1, -0.05) is 54.1 Å². The Labute approximate surface area is 249 Å². The lowest BCUT2D eigenvalue weighted by molar-refractivity contribution is -0.146. The SMILES string of the molecule is C/C=C(\NC(=O)[C@H](C)NS(=O)(=O)c1ccc(C)cc1)C(=O)N1C(=O)O[C@@H](C)[C@@H]1C(=O)N[C@@H](Cc1ccccc1)C(=O)OC. The van der Waals surface area contributed by atoms with Crippen LogP contribution in [0.3, 0.4) is 0 Å². The zero-order chi connectivity index (χ0) is 31.9. The Balaban J connectivity index is 1.75. The van der Waals surface area contributed by atoms with Crippen LogP contribution < -0.4 is 15.4 Å². The van der Waals surface area contributed by atoms with E-state index in [9.17, 15) is 32.4 Å². The number of esters is 1. The summed E-state index contributed by atoms with van der Waals surface area (Å²) in [5.41, 5.74) is 1.17. The average molecular weight is 615 g/mol. The molecule has 4 atom stereocenters. The lowest BCUT2D eigenvalue weighted by Crippen LogP contribution is -2.56. The smallest absolute Gasteiger partial charge is 0.418 e. The van der Waals surface area contributed by atoms with E-state index in [2.05, 4.69) is 15.4 Å². The number of amides is 4. The highest BCUT2D eigenvalue weighted by atomic mass is 32.2. The molecule has 0 aromatic heterocycles. The first-order valence-electron chi connectivity index (χ1n) is 13.3. The van der Waals surface area contributed by atoms with Crippen molar-refractivity contribution < 1.29 is 41.9 Å². The summed E-state index contributed by atoms with van der Waals surface area (Å²) in [6.45, 7) is 5.88. The second kappa shape index (κ2) is 14.1. The van der Waals surface area contributed by atoms with E-state index < -0.39 is 69.7 Å². The highest BCUT2D eigenvalue weighted by Crippen LogP contribution is 2.22. The Bertz CT molecular complexity index is 1510. The van der Waals surface area contributed by atoms with Crippen LogP contribution >= 0.6 is 0 Å². The van der Waals surface area contributed by atoms with Crippen LogP contribution in [0.25, 0.3) is 0 Å². The van der Waals surface area contributed by atoms with E-state index in [-0.39, 0.29) is 11.3 Å². The van der Waals surface area contributed by atoms with E-state index in [1.807, 2.05) is 0 Å². The maximum Gasteiger partial charge on any atom is 0.418 e. The van der Waals surface area contributed by atoms with Gasteiger partial charge < -0.3 is 20.1 Å². The molecule has 2 aromatic carbocycles. The third-order valence-electron chi connectivity index (χ3n) is 6.61. The van der Waals surface area contributed by atoms with Gasteiger partial charge in [0.25, 0.3) is 5.91 Å². The summed E-state index contributed by atoms with van der Waals surface area (Å²) in [6, 6.07) is 10.9. The molecule has 1 saturated heterocycles. The first-order chi connectivity index (χ1) is 20.3. The molecule has 0 bridgehead atoms. The van der Waals surface area contributed by atoms with Gasteiger partial charge in [-0.05, 0) is 45.4 Å². The maximum atomic E-state index is 13.4. The molecule has 1 aliphatic heterocycles. The second-order valence-corrected chi connectivity index (χ2v) is 11.5. The van der Waals surface area contributed by atoms with Gasteiger partial charge in [0, 0.05) is 6.42 Å². The van der Waals surface area contributed by atoms with Crippen LogP contribution in [0.4, 0.5) is 4.79 Å². The number of rotatable bonds is 11. The van der Waals surface area contributed by atoms with Crippen molar-refractivity contribution in [2.24, 2.45) is 0 Å². The Kier molecular flexibility index (Phi) is 10.8. The molecule has 1 heterocycles. The lowest BCUT2D eigenvalue weighted by Gasteiger charge is -2.25. The number of allylic oxidation sites excluding steroid dienone is 1. The molecule has 3 N–H and O–H groups in total. The minimum absolute atomic E-state index is 0.0553. The molecule has 1 aliphatic rings. The minimum Gasteiger partial charge on any atom is -0.467 e. The number of carbonyl (C=O) groups is 5. The molecule has 0 saturated carbocycles. The summed E-state index contributed by atoms with van der Waals surface area (Å²) in [4.78, 5) is 65.3. The van der Waals surface area contributed by atoms with E-state index in [4.69, 9.17) is 9.47 Å². The fourth-order valence-corrected chi connectivity index (χ4v) is 5.48. The third kappa shape index (κ3) is 8.05. The summed E-state index contributed by atoms with van der Waals surface area (Å²) in [7, 11) is -2.91. The number of imide groups is 1. The number of cyclic esters (lactones) is 1. The van der Waals surface area contributed by atoms with Crippen molar-refractivity contribution in [2.45, 2.75) is 63.2 Å². The summed E-state index contributed by atoms with van der Waals surface area (Å²) >= 11 is 0. The highest BCUT2D eigenvalue weighted by Gasteiger charge is 2.49. The average Bonchev–Trinajstić information content (AvgIpc) is 3.28. The molecule has 43 heavy (non-hydrogen) atoms. The third-order valence-corrected chi connectivity index (χ3v) is 8.17. The van der Waals surface area contributed by atoms with E-state index >= 15 is 0 Å². The Morgan fingerprint density at radius 3 is 2.28 bits per heavy atom. The standard InChI is InChI=1S/C29H34N4O9S/c1-6-22(30-25(34)18(3)32-43(39,40)21-14-12-17(2)13-15-21)27(36)33-24(19(4)42-29(33)38)26(35)31-23(28(37)41-5)16-20-10-8-7-9-11-20/h6-15,18-19,23-24,32H,16H2,1-5H3,(H,30,34)(H,31,35)/b22-6-/t18-,19-,23-,24+/m0/s1. The van der Waals surface area contributed by atoms with Crippen molar-refractivity contribution in [2.75, 3.05) is 7.11 Å². The molecule has 1 fully saturated rings. The van der Waals surface area contributed by atoms with Crippen LogP contribution in [0, 0.1) is 6.92 Å². The number of nitrogens with one attached hydrogen (secondary N) is 3. The normalized spacial score (nSPS) is 18.3. The topological polar surface area (TPSA) is 177 Å². The molecule has 0 spiro atoms. The summed E-state index contributed by atoms with van der Waals surface area (Å²) < 4.78 is 37.6. The molecule has 3 rings (SSSR count). The van der Waals surface area contributed by atoms with Crippen LogP contribution in [0.2, 0.25) is 0 Å². The van der Waals surface area contributed by atoms with Gasteiger partial charge in [0.05, 0.1) is 18.0 Å². The van der Waals surface area contributed by atoms with Gasteiger partial charge in [-0.25, -0.2) is 22.9 Å². The molecule has 2 aromatic rings. The molecule has 230 valence electrons. The van der Waals surface area contributed by atoms with Gasteiger partial charge in [0.1, 0.15) is 17.8 Å². The predicted octanol–water partition coefficient (Wildman–Crippen LogP) is 1.32. The lowest BCUT2D eigenvalue weighted by atomic mass is 10.0. The summed E-state index contributed by atoms with van der Waals surface area (Å²) in [5.74, 6) is -3.57. The Morgan fingerprint density at radius 1 is 1.07 bits per heavy atom. The van der Waals surface area contributed by atoms with Crippen molar-refractivity contribution in [1.29, 1.82) is 0 Å². The number of carbonyl (C=O) groups excluding carboxylic acids is 5. The molecular weight excluding hydrogens is 580 g/mol. The van der Waals surface area contributed by atoms with Gasteiger partial charge in [-0.15, -0.1) is 0 Å². The number of methoxy groups -OCH3 is 1. The van der Waals surface area contributed by atoms with Crippen LogP contribution in [-0.4, -0.2) is 74.4 Å². The molecular formula is C29H34N4O9S. The van der Waals surface area contributed by atoms with E-state index in [0.29, 0.717) is 4.90 Å². The fourth-order valence-electron chi connectivity index (χ4n) is 4.28. The number of ether oxygens (including phenoxy) is 2. The highest BCUT2D eigenvalue weighted by molar-refractivity contribution is 7.89. The number of hydrogen-bond acceptors (Lipinski definition) is 9. The van der Waals surface area contributed by atoms with Crippen molar-refractivity contribution in [3.05, 3.63) is 77.5 Å². The first kappa shape index (κ1) is 32.9. The molecule has 0 aliphatic carbocycles. The number of aryl methyl sites for hydroxylation is 1. The molecule has 13 nitrogen and oxygen atoms in total. The van der Waals surface area contributed by atoms with Crippen LogP contribution in [0.1, 0.15) is 31.9 Å². The molecule has 4 amide bonds. The molecule has 0 radical (unpaired) electrons. The van der Waals surface area contributed by atoms with Crippen LogP contribution in [0.5, 0.6) is 0 Å². The van der Waals surface area contributed by atoms with Gasteiger partial charge >= 0.3 is 12.1 Å². The van der Waals surface area contributed by atoms with Gasteiger partial charge in [-0.3, -0.25) is 14.4 Å². The quantitative estimate of drug-likeness (QED) is 0.249. The number of sulfonamides is 1. The number of benzene rings is 2. The van der Waals surface area contributed by atoms with Crippen molar-refractivity contribution in [3.8, 4) is 0 Å². The predicted molar refractivity (Wildman–Crippen MR) is 154 cm³/mol. The van der Waals surface area contributed by atoms with Gasteiger partial charge in [0.2, 0.25) is 21.8 Å². The first-order valence-corrected chi connectivity index (χ1v) is 14.8. The maximum absolute atomic E-state index is 13.4. The van der Waals surface area contributed by atoms with Crippen molar-refractivity contribution >= 4 is 39.8 Å². The Morgan fingerprint density at radius 2 is 1.70 bits per heavy atom. The van der Waals surface area contributed by atoms with E-state index in [1.165, 1.54) is 39.0 Å². The zero-order valence-corrected chi connectivity index (χ0v) is 25.1. The number of nitrogens with zero attached hydrogens (tertiary/aromatic N) is 1. The van der Waals surface area contributed by atoms with E-state index in [1.54, 1.807) is 49.4 Å². The Hall–Kier alpha value is -4.56. The summed E-state index contributed by atoms with van der Waals surface area (Å²) in [6.07, 6.45) is -0.966. The van der Waals surface area contributed by atoms with Crippen LogP contribution in [0.15, 0.2) is 71.3 Å². The fraction of sp³-hybridized carbons (Fsp3) is 0.345. The van der Waals surface area contributed by atoms with Crippen molar-refractivity contribution in [1.82, 2.24) is 20.3 Å².